The standard InChI is InChI=1S/C16H27N3O/c1-3-5-15(17-9-4-2)13-8-10-19(11-13)12-16(20)18-14-6-7-14/h8,10-11,14-15,17H,3-7,9,12H2,1-2H3,(H,18,20). The molecule has 1 unspecified atom stereocenters. The van der Waals surface area contributed by atoms with E-state index in [9.17, 15) is 4.79 Å². The number of hydrogen-bond donors (Lipinski definition) is 2. The molecule has 1 aliphatic carbocycles. The van der Waals surface area contributed by atoms with E-state index in [-0.39, 0.29) is 5.91 Å². The zero-order valence-electron chi connectivity index (χ0n) is 12.7. The molecular weight excluding hydrogens is 250 g/mol. The van der Waals surface area contributed by atoms with Gasteiger partial charge in [-0.2, -0.15) is 0 Å². The molecule has 0 saturated heterocycles. The largest absolute Gasteiger partial charge is 0.352 e. The van der Waals surface area contributed by atoms with Gasteiger partial charge in [0.2, 0.25) is 5.91 Å². The van der Waals surface area contributed by atoms with Gasteiger partial charge >= 0.3 is 0 Å². The first-order valence-corrected chi connectivity index (χ1v) is 7.91. The van der Waals surface area contributed by atoms with E-state index in [1.165, 1.54) is 5.56 Å². The molecule has 0 spiro atoms. The van der Waals surface area contributed by atoms with Gasteiger partial charge in [0.15, 0.2) is 0 Å². The van der Waals surface area contributed by atoms with E-state index in [1.54, 1.807) is 0 Å². The van der Waals surface area contributed by atoms with Crippen molar-refractivity contribution in [2.75, 3.05) is 6.54 Å². The van der Waals surface area contributed by atoms with Gasteiger partial charge in [-0.1, -0.05) is 20.3 Å². The minimum Gasteiger partial charge on any atom is -0.352 e. The van der Waals surface area contributed by atoms with Crippen molar-refractivity contribution < 1.29 is 4.79 Å². The van der Waals surface area contributed by atoms with Crippen LogP contribution in [-0.4, -0.2) is 23.1 Å². The van der Waals surface area contributed by atoms with E-state index >= 15 is 0 Å². The summed E-state index contributed by atoms with van der Waals surface area (Å²) in [4.78, 5) is 11.8. The zero-order chi connectivity index (χ0) is 14.4. The number of rotatable bonds is 9. The van der Waals surface area contributed by atoms with Crippen LogP contribution in [0.1, 0.15) is 57.6 Å². The molecule has 1 heterocycles. The average molecular weight is 277 g/mol. The highest BCUT2D eigenvalue weighted by molar-refractivity contribution is 5.76. The lowest BCUT2D eigenvalue weighted by Gasteiger charge is -2.16. The summed E-state index contributed by atoms with van der Waals surface area (Å²) in [6.07, 6.45) is 9.84. The van der Waals surface area contributed by atoms with E-state index in [4.69, 9.17) is 0 Å². The lowest BCUT2D eigenvalue weighted by atomic mass is 10.1. The van der Waals surface area contributed by atoms with Gasteiger partial charge < -0.3 is 15.2 Å². The Kier molecular flexibility index (Phi) is 5.65. The summed E-state index contributed by atoms with van der Waals surface area (Å²) >= 11 is 0. The minimum atomic E-state index is 0.128. The Morgan fingerprint density at radius 2 is 2.20 bits per heavy atom. The molecule has 1 fully saturated rings. The Morgan fingerprint density at radius 3 is 2.85 bits per heavy atom. The molecule has 4 nitrogen and oxygen atoms in total. The van der Waals surface area contributed by atoms with E-state index in [2.05, 4.69) is 36.7 Å². The highest BCUT2D eigenvalue weighted by atomic mass is 16.2. The van der Waals surface area contributed by atoms with Crippen molar-refractivity contribution >= 4 is 5.91 Å². The number of carbonyl (C=O) groups excluding carboxylic acids is 1. The Balaban J connectivity index is 1.89. The normalized spacial score (nSPS) is 16.1. The fourth-order valence-electron chi connectivity index (χ4n) is 2.42. The fraction of sp³-hybridized carbons (Fsp3) is 0.688. The van der Waals surface area contributed by atoms with Gasteiger partial charge in [-0.25, -0.2) is 0 Å². The molecule has 2 rings (SSSR count). The lowest BCUT2D eigenvalue weighted by Crippen LogP contribution is -2.28. The zero-order valence-corrected chi connectivity index (χ0v) is 12.7. The predicted octanol–water partition coefficient (Wildman–Crippen LogP) is 2.61. The third-order valence-electron chi connectivity index (χ3n) is 3.66. The third kappa shape index (κ3) is 4.67. The van der Waals surface area contributed by atoms with Crippen LogP contribution in [0.2, 0.25) is 0 Å². The van der Waals surface area contributed by atoms with Crippen LogP contribution in [0, 0.1) is 0 Å². The van der Waals surface area contributed by atoms with Gasteiger partial charge in [-0.15, -0.1) is 0 Å². The quantitative estimate of drug-likeness (QED) is 0.729. The summed E-state index contributed by atoms with van der Waals surface area (Å²) in [7, 11) is 0. The Hall–Kier alpha value is -1.29. The van der Waals surface area contributed by atoms with Crippen molar-refractivity contribution in [2.24, 2.45) is 0 Å². The lowest BCUT2D eigenvalue weighted by molar-refractivity contribution is -0.121. The Labute approximate surface area is 121 Å². The maximum Gasteiger partial charge on any atom is 0.240 e. The fourth-order valence-corrected chi connectivity index (χ4v) is 2.42. The summed E-state index contributed by atoms with van der Waals surface area (Å²) in [5.74, 6) is 0.128. The summed E-state index contributed by atoms with van der Waals surface area (Å²) in [5, 5.41) is 6.61. The first-order valence-electron chi connectivity index (χ1n) is 7.91. The van der Waals surface area contributed by atoms with E-state index in [0.717, 1.165) is 38.6 Å². The maximum atomic E-state index is 11.8. The second-order valence-corrected chi connectivity index (χ2v) is 5.75. The second kappa shape index (κ2) is 7.48. The molecule has 0 aliphatic heterocycles. The maximum absolute atomic E-state index is 11.8. The van der Waals surface area contributed by atoms with Crippen molar-refractivity contribution in [1.82, 2.24) is 15.2 Å². The van der Waals surface area contributed by atoms with E-state index in [1.807, 2.05) is 10.8 Å². The molecule has 4 heteroatoms. The molecule has 0 aromatic carbocycles. The van der Waals surface area contributed by atoms with Crippen LogP contribution in [0.4, 0.5) is 0 Å². The van der Waals surface area contributed by atoms with Gasteiger partial charge in [0, 0.05) is 24.5 Å². The monoisotopic (exact) mass is 277 g/mol. The molecule has 112 valence electrons. The number of aromatic nitrogens is 1. The summed E-state index contributed by atoms with van der Waals surface area (Å²) in [6, 6.07) is 2.98. The van der Waals surface area contributed by atoms with Crippen molar-refractivity contribution in [1.29, 1.82) is 0 Å². The SMILES string of the molecule is CCCNC(CCC)c1ccn(CC(=O)NC2CC2)c1. The van der Waals surface area contributed by atoms with Gasteiger partial charge in [-0.3, -0.25) is 4.79 Å². The van der Waals surface area contributed by atoms with Crippen LogP contribution >= 0.6 is 0 Å². The first-order chi connectivity index (χ1) is 9.72. The first kappa shape index (κ1) is 15.1. The highest BCUT2D eigenvalue weighted by Crippen LogP contribution is 2.20. The van der Waals surface area contributed by atoms with Crippen molar-refractivity contribution in [2.45, 2.75) is 64.6 Å². The summed E-state index contributed by atoms with van der Waals surface area (Å²) in [5.41, 5.74) is 1.29. The van der Waals surface area contributed by atoms with Crippen LogP contribution in [0.25, 0.3) is 0 Å². The molecule has 1 aromatic rings. The summed E-state index contributed by atoms with van der Waals surface area (Å²) < 4.78 is 1.99. The predicted molar refractivity (Wildman–Crippen MR) is 81.5 cm³/mol. The van der Waals surface area contributed by atoms with Crippen LogP contribution in [0.15, 0.2) is 18.5 Å². The van der Waals surface area contributed by atoms with Crippen LogP contribution in [0.5, 0.6) is 0 Å². The smallest absolute Gasteiger partial charge is 0.240 e. The van der Waals surface area contributed by atoms with Crippen LogP contribution in [0.3, 0.4) is 0 Å². The molecule has 2 N–H and O–H groups in total. The third-order valence-corrected chi connectivity index (χ3v) is 3.66. The molecule has 1 aromatic heterocycles. The number of hydrogen-bond acceptors (Lipinski definition) is 2. The molecule has 1 saturated carbocycles. The average Bonchev–Trinajstić information content (AvgIpc) is 3.11. The van der Waals surface area contributed by atoms with Crippen LogP contribution < -0.4 is 10.6 Å². The van der Waals surface area contributed by atoms with Crippen molar-refractivity contribution in [3.8, 4) is 0 Å². The van der Waals surface area contributed by atoms with Crippen molar-refractivity contribution in [3.63, 3.8) is 0 Å². The van der Waals surface area contributed by atoms with Gasteiger partial charge in [0.25, 0.3) is 0 Å². The summed E-state index contributed by atoms with van der Waals surface area (Å²) in [6.45, 7) is 5.87. The topological polar surface area (TPSA) is 46.1 Å². The molecule has 1 aliphatic rings. The number of amides is 1. The highest BCUT2D eigenvalue weighted by Gasteiger charge is 2.23. The van der Waals surface area contributed by atoms with Gasteiger partial charge in [-0.05, 0) is 43.9 Å². The van der Waals surface area contributed by atoms with E-state index < -0.39 is 0 Å². The molecule has 0 radical (unpaired) electrons. The molecule has 0 bridgehead atoms. The molecule has 20 heavy (non-hydrogen) atoms. The molecule has 1 atom stereocenters. The Bertz CT molecular complexity index is 423. The number of nitrogens with zero attached hydrogens (tertiary/aromatic N) is 1. The number of carbonyl (C=O) groups is 1. The van der Waals surface area contributed by atoms with Crippen molar-refractivity contribution in [3.05, 3.63) is 24.0 Å². The van der Waals surface area contributed by atoms with Gasteiger partial charge in [0.05, 0.1) is 0 Å². The molecule has 1 amide bonds. The minimum absolute atomic E-state index is 0.128. The van der Waals surface area contributed by atoms with E-state index in [0.29, 0.717) is 18.6 Å². The van der Waals surface area contributed by atoms with Crippen LogP contribution in [-0.2, 0) is 11.3 Å². The second-order valence-electron chi connectivity index (χ2n) is 5.75. The van der Waals surface area contributed by atoms with Gasteiger partial charge in [0.1, 0.15) is 6.54 Å². The Morgan fingerprint density at radius 1 is 1.40 bits per heavy atom. The molecular formula is C16H27N3O. The number of nitrogens with one attached hydrogen (secondary N) is 2.